The van der Waals surface area contributed by atoms with Gasteiger partial charge in [0.2, 0.25) is 5.91 Å². The number of para-hydroxylation sites is 2. The highest BCUT2D eigenvalue weighted by molar-refractivity contribution is 5.85. The summed E-state index contributed by atoms with van der Waals surface area (Å²) in [5.41, 5.74) is 0.997. The van der Waals surface area contributed by atoms with Gasteiger partial charge >= 0.3 is 0 Å². The maximum absolute atomic E-state index is 12.9. The Balaban J connectivity index is 1.25. The topological polar surface area (TPSA) is 99.8 Å². The lowest BCUT2D eigenvalue weighted by atomic mass is 10.0. The van der Waals surface area contributed by atoms with Crippen LogP contribution in [0.2, 0.25) is 0 Å². The first-order chi connectivity index (χ1) is 14.5. The van der Waals surface area contributed by atoms with E-state index in [4.69, 9.17) is 9.47 Å². The summed E-state index contributed by atoms with van der Waals surface area (Å²) in [6.07, 6.45) is 0.636. The van der Waals surface area contributed by atoms with E-state index in [2.05, 4.69) is 15.3 Å². The van der Waals surface area contributed by atoms with Crippen molar-refractivity contribution < 1.29 is 19.1 Å². The summed E-state index contributed by atoms with van der Waals surface area (Å²) in [5, 5.41) is 2.95. The minimum Gasteiger partial charge on any atom is -0.378 e. The second kappa shape index (κ2) is 9.11. The fourth-order valence-electron chi connectivity index (χ4n) is 4.02. The van der Waals surface area contributed by atoms with Crippen LogP contribution in [0.4, 0.5) is 0 Å². The van der Waals surface area contributed by atoms with Gasteiger partial charge in [-0.05, 0) is 19.1 Å². The second-order valence-electron chi connectivity index (χ2n) is 8.00. The molecule has 2 aliphatic rings. The molecule has 0 bridgehead atoms. The van der Waals surface area contributed by atoms with Crippen LogP contribution in [0.1, 0.15) is 12.7 Å². The van der Waals surface area contributed by atoms with Crippen LogP contribution < -0.4 is 5.32 Å². The highest BCUT2D eigenvalue weighted by atomic mass is 16.5. The molecule has 2 aliphatic heterocycles. The number of nitrogens with one attached hydrogen (secondary N) is 2. The van der Waals surface area contributed by atoms with Crippen molar-refractivity contribution in [1.82, 2.24) is 25.1 Å². The average Bonchev–Trinajstić information content (AvgIpc) is 3.16. The number of carbonyl (C=O) groups excluding carboxylic acids is 2. The van der Waals surface area contributed by atoms with Crippen molar-refractivity contribution in [3.63, 3.8) is 0 Å². The fourth-order valence-corrected chi connectivity index (χ4v) is 4.02. The molecule has 162 valence electrons. The number of aromatic amines is 1. The van der Waals surface area contributed by atoms with Crippen molar-refractivity contribution in [3.8, 4) is 0 Å². The highest BCUT2D eigenvalue weighted by Gasteiger charge is 2.42. The van der Waals surface area contributed by atoms with E-state index in [0.29, 0.717) is 59.0 Å². The summed E-state index contributed by atoms with van der Waals surface area (Å²) in [7, 11) is 0. The molecule has 0 radical (unpaired) electrons. The van der Waals surface area contributed by atoms with E-state index in [0.717, 1.165) is 16.9 Å². The van der Waals surface area contributed by atoms with E-state index in [1.165, 1.54) is 0 Å². The van der Waals surface area contributed by atoms with Gasteiger partial charge in [-0.15, -0.1) is 0 Å². The van der Waals surface area contributed by atoms with Crippen molar-refractivity contribution in [2.24, 2.45) is 0 Å². The third kappa shape index (κ3) is 4.80. The Labute approximate surface area is 175 Å². The Hall–Kier alpha value is -2.49. The Kier molecular flexibility index (Phi) is 6.31. The summed E-state index contributed by atoms with van der Waals surface area (Å²) >= 11 is 0. The van der Waals surface area contributed by atoms with E-state index in [9.17, 15) is 9.59 Å². The Morgan fingerprint density at radius 2 is 2.00 bits per heavy atom. The van der Waals surface area contributed by atoms with Crippen LogP contribution in [0, 0.1) is 0 Å². The predicted molar refractivity (Wildman–Crippen MR) is 111 cm³/mol. The molecule has 3 heterocycles. The van der Waals surface area contributed by atoms with Crippen LogP contribution >= 0.6 is 0 Å². The number of aromatic nitrogens is 2. The third-order valence-corrected chi connectivity index (χ3v) is 5.59. The largest absolute Gasteiger partial charge is 0.378 e. The Morgan fingerprint density at radius 3 is 2.80 bits per heavy atom. The number of nitrogens with zero attached hydrogens (tertiary/aromatic N) is 3. The summed E-state index contributed by atoms with van der Waals surface area (Å²) in [6.45, 7) is 6.30. The molecule has 1 aromatic heterocycles. The summed E-state index contributed by atoms with van der Waals surface area (Å²) in [5.74, 6) is 0.765. The predicted octanol–water partition coefficient (Wildman–Crippen LogP) is 0.171. The molecule has 0 saturated carbocycles. The van der Waals surface area contributed by atoms with Crippen molar-refractivity contribution in [1.29, 1.82) is 0 Å². The van der Waals surface area contributed by atoms with Gasteiger partial charge in [0, 0.05) is 39.1 Å². The van der Waals surface area contributed by atoms with E-state index in [-0.39, 0.29) is 18.4 Å². The van der Waals surface area contributed by atoms with Gasteiger partial charge in [0.1, 0.15) is 5.82 Å². The van der Waals surface area contributed by atoms with E-state index in [1.54, 1.807) is 4.90 Å². The number of benzene rings is 1. The summed E-state index contributed by atoms with van der Waals surface area (Å²) in [6, 6.07) is 7.86. The SMILES string of the molecule is C[C@]1(C(=O)N2CCOCC2)CN(CC(=O)NCCc2nc3ccccc3[nH]2)CCO1. The number of ether oxygens (including phenoxy) is 2. The number of imidazole rings is 1. The van der Waals surface area contributed by atoms with Gasteiger partial charge in [0.05, 0.1) is 37.4 Å². The quantitative estimate of drug-likeness (QED) is 0.698. The first-order valence-electron chi connectivity index (χ1n) is 10.5. The van der Waals surface area contributed by atoms with Gasteiger partial charge in [0.25, 0.3) is 5.91 Å². The van der Waals surface area contributed by atoms with Crippen molar-refractivity contribution in [2.75, 3.05) is 59.1 Å². The zero-order valence-corrected chi connectivity index (χ0v) is 17.4. The lowest BCUT2D eigenvalue weighted by Crippen LogP contribution is -2.61. The van der Waals surface area contributed by atoms with Crippen LogP contribution in [0.15, 0.2) is 24.3 Å². The number of carbonyl (C=O) groups is 2. The molecule has 0 aliphatic carbocycles. The number of morpholine rings is 2. The van der Waals surface area contributed by atoms with Crippen molar-refractivity contribution in [2.45, 2.75) is 18.9 Å². The van der Waals surface area contributed by atoms with Gasteiger partial charge in [-0.2, -0.15) is 0 Å². The summed E-state index contributed by atoms with van der Waals surface area (Å²) in [4.78, 5) is 36.9. The molecule has 4 rings (SSSR count). The molecule has 2 aromatic rings. The smallest absolute Gasteiger partial charge is 0.256 e. The first kappa shape index (κ1) is 20.8. The van der Waals surface area contributed by atoms with Gasteiger partial charge < -0.3 is 24.7 Å². The van der Waals surface area contributed by atoms with Gasteiger partial charge in [-0.25, -0.2) is 4.98 Å². The van der Waals surface area contributed by atoms with Gasteiger partial charge in [-0.1, -0.05) is 12.1 Å². The lowest BCUT2D eigenvalue weighted by molar-refractivity contribution is -0.171. The molecule has 30 heavy (non-hydrogen) atoms. The number of hydrogen-bond acceptors (Lipinski definition) is 6. The van der Waals surface area contributed by atoms with E-state index >= 15 is 0 Å². The number of H-pyrrole nitrogens is 1. The normalized spacial score (nSPS) is 22.9. The third-order valence-electron chi connectivity index (χ3n) is 5.59. The molecule has 1 aromatic carbocycles. The van der Waals surface area contributed by atoms with Crippen molar-refractivity contribution in [3.05, 3.63) is 30.1 Å². The molecule has 1 atom stereocenters. The number of amides is 2. The van der Waals surface area contributed by atoms with Crippen LogP contribution in [-0.4, -0.2) is 96.3 Å². The number of rotatable bonds is 6. The van der Waals surface area contributed by atoms with Gasteiger partial charge in [0.15, 0.2) is 5.60 Å². The minimum atomic E-state index is -0.926. The Morgan fingerprint density at radius 1 is 1.20 bits per heavy atom. The molecule has 2 saturated heterocycles. The maximum Gasteiger partial charge on any atom is 0.256 e. The highest BCUT2D eigenvalue weighted by Crippen LogP contribution is 2.21. The van der Waals surface area contributed by atoms with Crippen molar-refractivity contribution >= 4 is 22.8 Å². The Bertz CT molecular complexity index is 861. The zero-order chi connectivity index (χ0) is 21.0. The van der Waals surface area contributed by atoms with Crippen LogP contribution in [0.3, 0.4) is 0 Å². The molecule has 2 amide bonds. The maximum atomic E-state index is 12.9. The number of fused-ring (bicyclic) bond motifs is 1. The van der Waals surface area contributed by atoms with E-state index in [1.807, 2.05) is 36.1 Å². The number of hydrogen-bond donors (Lipinski definition) is 2. The van der Waals surface area contributed by atoms with Crippen LogP contribution in [-0.2, 0) is 25.5 Å². The fraction of sp³-hybridized carbons (Fsp3) is 0.571. The van der Waals surface area contributed by atoms with Gasteiger partial charge in [-0.3, -0.25) is 14.5 Å². The average molecular weight is 415 g/mol. The molecular weight excluding hydrogens is 386 g/mol. The molecular formula is C21H29N5O4. The monoisotopic (exact) mass is 415 g/mol. The molecule has 9 nitrogen and oxygen atoms in total. The molecule has 9 heteroatoms. The summed E-state index contributed by atoms with van der Waals surface area (Å²) < 4.78 is 11.2. The lowest BCUT2D eigenvalue weighted by Gasteiger charge is -2.42. The molecule has 2 fully saturated rings. The first-order valence-corrected chi connectivity index (χ1v) is 10.5. The molecule has 0 spiro atoms. The standard InChI is InChI=1S/C21H29N5O4/c1-21(20(28)26-9-11-29-12-10-26)15-25(8-13-30-21)14-19(27)22-7-6-18-23-16-4-2-3-5-17(16)24-18/h2-5H,6-15H2,1H3,(H,22,27)(H,23,24)/t21-/m1/s1. The zero-order valence-electron chi connectivity index (χ0n) is 17.4. The van der Waals surface area contributed by atoms with E-state index < -0.39 is 5.60 Å². The minimum absolute atomic E-state index is 0.0270. The molecule has 2 N–H and O–H groups in total. The van der Waals surface area contributed by atoms with Crippen LogP contribution in [0.25, 0.3) is 11.0 Å². The van der Waals surface area contributed by atoms with Crippen LogP contribution in [0.5, 0.6) is 0 Å². The second-order valence-corrected chi connectivity index (χ2v) is 8.00. The molecule has 0 unspecified atom stereocenters.